The van der Waals surface area contributed by atoms with E-state index in [1.807, 2.05) is 0 Å². The summed E-state index contributed by atoms with van der Waals surface area (Å²) in [5.41, 5.74) is -0.103. The molecule has 0 aromatic carbocycles. The van der Waals surface area contributed by atoms with E-state index in [4.69, 9.17) is 0 Å². The van der Waals surface area contributed by atoms with Crippen molar-refractivity contribution >= 4 is 11.8 Å². The fourth-order valence-corrected chi connectivity index (χ4v) is 2.11. The quantitative estimate of drug-likeness (QED) is 0.939. The normalized spacial score (nSPS) is 13.2. The highest BCUT2D eigenvalue weighted by molar-refractivity contribution is 7.99. The van der Waals surface area contributed by atoms with Gasteiger partial charge in [0.05, 0.1) is 11.7 Å². The Kier molecular flexibility index (Phi) is 4.29. The minimum Gasteiger partial charge on any atom is -0.389 e. The molecule has 0 fully saturated rings. The SMILES string of the molecule is C[C@H](O)c1ccc(Sc2ccc(C(F)(F)F)cn2)nc1. The molecule has 1 N–H and O–H groups in total. The number of alkyl halides is 3. The van der Waals surface area contributed by atoms with E-state index < -0.39 is 17.8 Å². The number of hydrogen-bond acceptors (Lipinski definition) is 4. The molecule has 0 saturated carbocycles. The minimum atomic E-state index is -4.38. The summed E-state index contributed by atoms with van der Waals surface area (Å²) in [5, 5.41) is 10.4. The summed E-state index contributed by atoms with van der Waals surface area (Å²) >= 11 is 1.16. The summed E-state index contributed by atoms with van der Waals surface area (Å²) in [5.74, 6) is 0. The van der Waals surface area contributed by atoms with Crippen molar-refractivity contribution in [3.05, 3.63) is 47.8 Å². The Morgan fingerprint density at radius 2 is 1.65 bits per heavy atom. The van der Waals surface area contributed by atoms with E-state index >= 15 is 0 Å². The Morgan fingerprint density at radius 1 is 1.05 bits per heavy atom. The average Bonchev–Trinajstić information content (AvgIpc) is 2.39. The van der Waals surface area contributed by atoms with Crippen LogP contribution >= 0.6 is 11.8 Å². The molecule has 3 nitrogen and oxygen atoms in total. The summed E-state index contributed by atoms with van der Waals surface area (Å²) in [7, 11) is 0. The largest absolute Gasteiger partial charge is 0.417 e. The summed E-state index contributed by atoms with van der Waals surface area (Å²) < 4.78 is 37.2. The molecule has 0 saturated heterocycles. The summed E-state index contributed by atoms with van der Waals surface area (Å²) in [4.78, 5) is 7.86. The molecule has 0 amide bonds. The van der Waals surface area contributed by atoms with Gasteiger partial charge in [-0.05, 0) is 30.7 Å². The Balaban J connectivity index is 2.10. The fourth-order valence-electron chi connectivity index (χ4n) is 1.41. The van der Waals surface area contributed by atoms with Crippen LogP contribution < -0.4 is 0 Å². The van der Waals surface area contributed by atoms with Gasteiger partial charge in [-0.3, -0.25) is 0 Å². The predicted molar refractivity (Wildman–Crippen MR) is 68.2 cm³/mol. The Hall–Kier alpha value is -1.60. The first kappa shape index (κ1) is 14.8. The molecule has 2 aromatic rings. The lowest BCUT2D eigenvalue weighted by Gasteiger charge is -2.07. The lowest BCUT2D eigenvalue weighted by molar-refractivity contribution is -0.137. The summed E-state index contributed by atoms with van der Waals surface area (Å²) in [6.07, 6.45) is -2.66. The van der Waals surface area contributed by atoms with Crippen molar-refractivity contribution in [1.29, 1.82) is 0 Å². The zero-order chi connectivity index (χ0) is 14.8. The van der Waals surface area contributed by atoms with Gasteiger partial charge in [-0.25, -0.2) is 9.97 Å². The lowest BCUT2D eigenvalue weighted by atomic mass is 10.2. The third-order valence-electron chi connectivity index (χ3n) is 2.51. The zero-order valence-electron chi connectivity index (χ0n) is 10.4. The third-order valence-corrected chi connectivity index (χ3v) is 3.42. The van der Waals surface area contributed by atoms with E-state index in [0.29, 0.717) is 15.6 Å². The van der Waals surface area contributed by atoms with Crippen LogP contribution in [0, 0.1) is 0 Å². The number of aromatic nitrogens is 2. The molecule has 0 spiro atoms. The number of halogens is 3. The highest BCUT2D eigenvalue weighted by Gasteiger charge is 2.30. The van der Waals surface area contributed by atoms with Gasteiger partial charge in [-0.1, -0.05) is 17.8 Å². The molecule has 0 radical (unpaired) electrons. The molecule has 0 bridgehead atoms. The van der Waals surface area contributed by atoms with Crippen molar-refractivity contribution in [1.82, 2.24) is 9.97 Å². The van der Waals surface area contributed by atoms with Crippen molar-refractivity contribution in [3.8, 4) is 0 Å². The number of hydrogen-bond donors (Lipinski definition) is 1. The Bertz CT molecular complexity index is 568. The Morgan fingerprint density at radius 3 is 2.05 bits per heavy atom. The second-order valence-electron chi connectivity index (χ2n) is 4.09. The van der Waals surface area contributed by atoms with E-state index in [2.05, 4.69) is 9.97 Å². The topological polar surface area (TPSA) is 46.0 Å². The second-order valence-corrected chi connectivity index (χ2v) is 5.13. The maximum Gasteiger partial charge on any atom is 0.417 e. The number of aliphatic hydroxyl groups is 1. The van der Waals surface area contributed by atoms with Crippen LogP contribution in [0.5, 0.6) is 0 Å². The fraction of sp³-hybridized carbons (Fsp3) is 0.231. The second kappa shape index (κ2) is 5.80. The van der Waals surface area contributed by atoms with Crippen molar-refractivity contribution < 1.29 is 18.3 Å². The van der Waals surface area contributed by atoms with E-state index in [1.54, 1.807) is 19.1 Å². The molecule has 106 valence electrons. The van der Waals surface area contributed by atoms with Crippen LogP contribution in [0.2, 0.25) is 0 Å². The number of nitrogens with zero attached hydrogens (tertiary/aromatic N) is 2. The molecular weight excluding hydrogens is 289 g/mol. The van der Waals surface area contributed by atoms with Crippen LogP contribution in [-0.2, 0) is 6.18 Å². The van der Waals surface area contributed by atoms with Crippen molar-refractivity contribution in [2.45, 2.75) is 29.3 Å². The standard InChI is InChI=1S/C13H11F3N2OS/c1-8(19)9-2-4-11(17-6-9)20-12-5-3-10(7-18-12)13(14,15)16/h2-8,19H,1H3/t8-/m0/s1. The van der Waals surface area contributed by atoms with Gasteiger partial charge in [0.1, 0.15) is 10.1 Å². The van der Waals surface area contributed by atoms with Crippen LogP contribution in [0.15, 0.2) is 46.7 Å². The molecule has 0 aliphatic rings. The van der Waals surface area contributed by atoms with Gasteiger partial charge < -0.3 is 5.11 Å². The van der Waals surface area contributed by atoms with Crippen LogP contribution in [-0.4, -0.2) is 15.1 Å². The zero-order valence-corrected chi connectivity index (χ0v) is 11.2. The molecule has 20 heavy (non-hydrogen) atoms. The van der Waals surface area contributed by atoms with Gasteiger partial charge in [-0.15, -0.1) is 0 Å². The van der Waals surface area contributed by atoms with E-state index in [9.17, 15) is 18.3 Å². The molecule has 0 unspecified atom stereocenters. The summed E-state index contributed by atoms with van der Waals surface area (Å²) in [6, 6.07) is 5.69. The monoisotopic (exact) mass is 300 g/mol. The molecule has 1 atom stereocenters. The first-order valence-electron chi connectivity index (χ1n) is 5.71. The molecule has 0 aliphatic heterocycles. The number of pyridine rings is 2. The predicted octanol–water partition coefficient (Wildman–Crippen LogP) is 3.70. The van der Waals surface area contributed by atoms with Gasteiger partial charge in [0.2, 0.25) is 0 Å². The first-order chi connectivity index (χ1) is 9.36. The van der Waals surface area contributed by atoms with Gasteiger partial charge >= 0.3 is 6.18 Å². The number of aliphatic hydroxyl groups excluding tert-OH is 1. The Labute approximate surface area is 117 Å². The molecule has 7 heteroatoms. The van der Waals surface area contributed by atoms with Crippen LogP contribution in [0.25, 0.3) is 0 Å². The van der Waals surface area contributed by atoms with E-state index in [0.717, 1.165) is 24.0 Å². The molecule has 0 aliphatic carbocycles. The van der Waals surface area contributed by atoms with Gasteiger partial charge in [0, 0.05) is 12.4 Å². The van der Waals surface area contributed by atoms with Gasteiger partial charge in [0.15, 0.2) is 0 Å². The number of rotatable bonds is 3. The average molecular weight is 300 g/mol. The van der Waals surface area contributed by atoms with E-state index in [1.165, 1.54) is 12.3 Å². The highest BCUT2D eigenvalue weighted by Crippen LogP contribution is 2.31. The summed E-state index contributed by atoms with van der Waals surface area (Å²) in [6.45, 7) is 1.63. The van der Waals surface area contributed by atoms with Gasteiger partial charge in [-0.2, -0.15) is 13.2 Å². The van der Waals surface area contributed by atoms with E-state index in [-0.39, 0.29) is 0 Å². The maximum atomic E-state index is 12.4. The van der Waals surface area contributed by atoms with Crippen LogP contribution in [0.1, 0.15) is 24.2 Å². The molecule has 2 rings (SSSR count). The smallest absolute Gasteiger partial charge is 0.389 e. The van der Waals surface area contributed by atoms with Crippen LogP contribution in [0.4, 0.5) is 13.2 Å². The lowest BCUT2D eigenvalue weighted by Crippen LogP contribution is -2.05. The molecule has 2 heterocycles. The maximum absolute atomic E-state index is 12.4. The van der Waals surface area contributed by atoms with Crippen molar-refractivity contribution in [3.63, 3.8) is 0 Å². The van der Waals surface area contributed by atoms with Gasteiger partial charge in [0.25, 0.3) is 0 Å². The first-order valence-corrected chi connectivity index (χ1v) is 6.53. The van der Waals surface area contributed by atoms with Crippen molar-refractivity contribution in [2.24, 2.45) is 0 Å². The minimum absolute atomic E-state index is 0.426. The third kappa shape index (κ3) is 3.71. The van der Waals surface area contributed by atoms with Crippen LogP contribution in [0.3, 0.4) is 0 Å². The molecular formula is C13H11F3N2OS. The highest BCUT2D eigenvalue weighted by atomic mass is 32.2. The van der Waals surface area contributed by atoms with Crippen molar-refractivity contribution in [2.75, 3.05) is 0 Å². The molecule has 2 aromatic heterocycles.